The van der Waals surface area contributed by atoms with Gasteiger partial charge < -0.3 is 4.74 Å². The average molecular weight is 231 g/mol. The van der Waals surface area contributed by atoms with Crippen LogP contribution in [0.5, 0.6) is 0 Å². The molecule has 1 aromatic rings. The Labute approximate surface area is 103 Å². The van der Waals surface area contributed by atoms with E-state index in [1.165, 1.54) is 18.4 Å². The third kappa shape index (κ3) is 2.38. The lowest BCUT2D eigenvalue weighted by atomic mass is 9.79. The van der Waals surface area contributed by atoms with Crippen LogP contribution in [0.1, 0.15) is 43.6 Å². The third-order valence-corrected chi connectivity index (χ3v) is 4.21. The molecule has 0 bridgehead atoms. The molecule has 3 rings (SSSR count). The fourth-order valence-electron chi connectivity index (χ4n) is 3.17. The summed E-state index contributed by atoms with van der Waals surface area (Å²) in [6, 6.07) is 10.9. The minimum Gasteiger partial charge on any atom is -0.361 e. The maximum atomic E-state index is 5.98. The third-order valence-electron chi connectivity index (χ3n) is 4.21. The Morgan fingerprint density at radius 2 is 1.88 bits per heavy atom. The molecule has 1 saturated carbocycles. The van der Waals surface area contributed by atoms with Crippen molar-refractivity contribution in [3.8, 4) is 0 Å². The normalized spacial score (nSPS) is 33.8. The van der Waals surface area contributed by atoms with E-state index in [4.69, 9.17) is 4.74 Å². The summed E-state index contributed by atoms with van der Waals surface area (Å²) in [5, 5.41) is 3.58. The smallest absolute Gasteiger partial charge is 0.119 e. The summed E-state index contributed by atoms with van der Waals surface area (Å²) in [5.41, 5.74) is 1.52. The van der Waals surface area contributed by atoms with E-state index in [9.17, 15) is 0 Å². The molecule has 92 valence electrons. The van der Waals surface area contributed by atoms with E-state index in [0.29, 0.717) is 0 Å². The van der Waals surface area contributed by atoms with Crippen molar-refractivity contribution < 1.29 is 4.74 Å². The van der Waals surface area contributed by atoms with Gasteiger partial charge in [-0.2, -0.15) is 0 Å². The molecule has 1 saturated heterocycles. The van der Waals surface area contributed by atoms with Crippen LogP contribution < -0.4 is 5.32 Å². The molecule has 0 atom stereocenters. The van der Waals surface area contributed by atoms with Crippen LogP contribution >= 0.6 is 0 Å². The fraction of sp³-hybridized carbons (Fsp3) is 0.600. The largest absolute Gasteiger partial charge is 0.361 e. The Bertz CT molecular complexity index is 346. The van der Waals surface area contributed by atoms with Crippen LogP contribution in [-0.4, -0.2) is 18.9 Å². The first-order valence-electron chi connectivity index (χ1n) is 6.82. The van der Waals surface area contributed by atoms with Gasteiger partial charge in [0.15, 0.2) is 0 Å². The molecule has 2 nitrogen and oxygen atoms in total. The van der Waals surface area contributed by atoms with Crippen LogP contribution in [0.4, 0.5) is 0 Å². The molecule has 0 radical (unpaired) electrons. The zero-order valence-corrected chi connectivity index (χ0v) is 10.3. The first-order valence-corrected chi connectivity index (χ1v) is 6.82. The number of hydrogen-bond donors (Lipinski definition) is 1. The molecule has 0 amide bonds. The van der Waals surface area contributed by atoms with Gasteiger partial charge in [0.05, 0.1) is 6.61 Å². The molecule has 1 aliphatic carbocycles. The number of rotatable bonds is 1. The number of ether oxygens (including phenoxy) is 1. The molecule has 0 unspecified atom stereocenters. The highest BCUT2D eigenvalue weighted by atomic mass is 16.5. The molecule has 1 aromatic carbocycles. The van der Waals surface area contributed by atoms with Gasteiger partial charge in [0.1, 0.15) is 5.72 Å². The Balaban J connectivity index is 1.64. The van der Waals surface area contributed by atoms with E-state index in [1.54, 1.807) is 0 Å². The molecule has 17 heavy (non-hydrogen) atoms. The standard InChI is InChI=1S/C15H21NO/c1-2-5-13(6-3-1)14-7-9-15(10-8-14)16-11-4-12-17-15/h1-3,5-6,14,16H,4,7-12H2. The highest BCUT2D eigenvalue weighted by Gasteiger charge is 2.37. The summed E-state index contributed by atoms with van der Waals surface area (Å²) < 4.78 is 5.98. The average Bonchev–Trinajstić information content (AvgIpc) is 2.42. The van der Waals surface area contributed by atoms with Gasteiger partial charge in [-0.15, -0.1) is 0 Å². The highest BCUT2D eigenvalue weighted by molar-refractivity contribution is 5.20. The van der Waals surface area contributed by atoms with Crippen molar-refractivity contribution in [1.29, 1.82) is 0 Å². The first-order chi connectivity index (χ1) is 8.38. The molecule has 1 aliphatic heterocycles. The van der Waals surface area contributed by atoms with Crippen molar-refractivity contribution in [2.45, 2.75) is 43.7 Å². The van der Waals surface area contributed by atoms with Gasteiger partial charge in [-0.05, 0) is 50.1 Å². The maximum Gasteiger partial charge on any atom is 0.119 e. The van der Waals surface area contributed by atoms with Crippen molar-refractivity contribution in [1.82, 2.24) is 5.32 Å². The van der Waals surface area contributed by atoms with Gasteiger partial charge in [0, 0.05) is 0 Å². The maximum absolute atomic E-state index is 5.98. The summed E-state index contributed by atoms with van der Waals surface area (Å²) in [6.07, 6.45) is 5.97. The lowest BCUT2D eigenvalue weighted by Gasteiger charge is -2.43. The molecular formula is C15H21NO. The van der Waals surface area contributed by atoms with E-state index in [0.717, 1.165) is 38.3 Å². The summed E-state index contributed by atoms with van der Waals surface area (Å²) in [6.45, 7) is 2.05. The Hall–Kier alpha value is -0.860. The van der Waals surface area contributed by atoms with Gasteiger partial charge in [0.2, 0.25) is 0 Å². The quantitative estimate of drug-likeness (QED) is 0.802. The predicted molar refractivity (Wildman–Crippen MR) is 69.0 cm³/mol. The van der Waals surface area contributed by atoms with Crippen LogP contribution in [0.15, 0.2) is 30.3 Å². The minimum atomic E-state index is 0.0174. The summed E-state index contributed by atoms with van der Waals surface area (Å²) in [4.78, 5) is 0. The summed E-state index contributed by atoms with van der Waals surface area (Å²) in [7, 11) is 0. The van der Waals surface area contributed by atoms with E-state index in [2.05, 4.69) is 35.6 Å². The van der Waals surface area contributed by atoms with Gasteiger partial charge in [-0.25, -0.2) is 0 Å². The first kappa shape index (κ1) is 11.2. The number of hydrogen-bond acceptors (Lipinski definition) is 2. The van der Waals surface area contributed by atoms with Gasteiger partial charge >= 0.3 is 0 Å². The summed E-state index contributed by atoms with van der Waals surface area (Å²) >= 11 is 0. The zero-order chi connectivity index (χ0) is 11.6. The van der Waals surface area contributed by atoms with Crippen LogP contribution in [0.25, 0.3) is 0 Å². The zero-order valence-electron chi connectivity index (χ0n) is 10.3. The minimum absolute atomic E-state index is 0.0174. The second-order valence-corrected chi connectivity index (χ2v) is 5.31. The Morgan fingerprint density at radius 1 is 1.12 bits per heavy atom. The molecule has 2 fully saturated rings. The van der Waals surface area contributed by atoms with Crippen molar-refractivity contribution >= 4 is 0 Å². The summed E-state index contributed by atoms with van der Waals surface area (Å²) in [5.74, 6) is 0.731. The molecule has 2 heteroatoms. The van der Waals surface area contributed by atoms with Gasteiger partial charge in [-0.3, -0.25) is 5.32 Å². The molecule has 0 aromatic heterocycles. The molecule has 1 heterocycles. The van der Waals surface area contributed by atoms with E-state index < -0.39 is 0 Å². The SMILES string of the molecule is c1ccc(C2CCC3(CC2)NCCCO3)cc1. The van der Waals surface area contributed by atoms with Crippen LogP contribution in [0.3, 0.4) is 0 Å². The van der Waals surface area contributed by atoms with Crippen molar-refractivity contribution in [3.05, 3.63) is 35.9 Å². The lowest BCUT2D eigenvalue weighted by molar-refractivity contribution is -0.118. The van der Waals surface area contributed by atoms with Gasteiger partial charge in [-0.1, -0.05) is 30.3 Å². The molecule has 2 aliphatic rings. The molecular weight excluding hydrogens is 210 g/mol. The van der Waals surface area contributed by atoms with Crippen LogP contribution in [0.2, 0.25) is 0 Å². The predicted octanol–water partition coefficient (Wildman–Crippen LogP) is 3.05. The van der Waals surface area contributed by atoms with E-state index >= 15 is 0 Å². The van der Waals surface area contributed by atoms with E-state index in [1.807, 2.05) is 0 Å². The van der Waals surface area contributed by atoms with Crippen LogP contribution in [0, 0.1) is 0 Å². The van der Waals surface area contributed by atoms with Crippen LogP contribution in [-0.2, 0) is 4.74 Å². The molecule has 1 spiro atoms. The number of benzene rings is 1. The molecule has 1 N–H and O–H groups in total. The lowest BCUT2D eigenvalue weighted by Crippen LogP contribution is -2.53. The second-order valence-electron chi connectivity index (χ2n) is 5.31. The monoisotopic (exact) mass is 231 g/mol. The topological polar surface area (TPSA) is 21.3 Å². The Morgan fingerprint density at radius 3 is 2.53 bits per heavy atom. The Kier molecular flexibility index (Phi) is 3.17. The fourth-order valence-corrected chi connectivity index (χ4v) is 3.17. The highest BCUT2D eigenvalue weighted by Crippen LogP contribution is 2.39. The van der Waals surface area contributed by atoms with Crippen molar-refractivity contribution in [2.75, 3.05) is 13.2 Å². The van der Waals surface area contributed by atoms with Crippen molar-refractivity contribution in [2.24, 2.45) is 0 Å². The van der Waals surface area contributed by atoms with Crippen molar-refractivity contribution in [3.63, 3.8) is 0 Å². The van der Waals surface area contributed by atoms with E-state index in [-0.39, 0.29) is 5.72 Å². The van der Waals surface area contributed by atoms with Gasteiger partial charge in [0.25, 0.3) is 0 Å². The number of nitrogens with one attached hydrogen (secondary N) is 1. The second kappa shape index (κ2) is 4.79.